The van der Waals surface area contributed by atoms with Gasteiger partial charge in [-0.1, -0.05) is 12.1 Å². The molecule has 3 nitrogen and oxygen atoms in total. The van der Waals surface area contributed by atoms with E-state index in [1.54, 1.807) is 6.07 Å². The molecule has 96 valence electrons. The molecule has 0 saturated heterocycles. The van der Waals surface area contributed by atoms with Crippen molar-refractivity contribution in [3.8, 4) is 0 Å². The molecule has 0 aliphatic heterocycles. The highest BCUT2D eigenvalue weighted by Gasteiger charge is 2.19. The van der Waals surface area contributed by atoms with Crippen molar-refractivity contribution in [2.75, 3.05) is 6.54 Å². The van der Waals surface area contributed by atoms with Crippen LogP contribution in [0.5, 0.6) is 0 Å². The molecule has 4 N–H and O–H groups in total. The summed E-state index contributed by atoms with van der Waals surface area (Å²) >= 11 is 0. The number of rotatable bonds is 4. The Morgan fingerprint density at radius 3 is 2.56 bits per heavy atom. The first-order valence-electron chi connectivity index (χ1n) is 5.97. The summed E-state index contributed by atoms with van der Waals surface area (Å²) in [7, 11) is 1.96. The molecule has 2 aromatic rings. The molecule has 0 fully saturated rings. The average Bonchev–Trinajstić information content (AvgIpc) is 2.77. The Morgan fingerprint density at radius 2 is 2.00 bits per heavy atom. The molecule has 0 spiro atoms. The van der Waals surface area contributed by atoms with Gasteiger partial charge in [-0.25, -0.2) is 4.39 Å². The average molecular weight is 247 g/mol. The number of hydrogen-bond acceptors (Lipinski definition) is 2. The molecule has 18 heavy (non-hydrogen) atoms. The fraction of sp³-hybridized carbons (Fsp3) is 0.286. The van der Waals surface area contributed by atoms with Crippen molar-refractivity contribution >= 4 is 0 Å². The lowest BCUT2D eigenvalue weighted by Crippen LogP contribution is -2.19. The summed E-state index contributed by atoms with van der Waals surface area (Å²) in [5, 5.41) is 0. The Balaban J connectivity index is 2.52. The first-order chi connectivity index (χ1) is 8.69. The zero-order chi connectivity index (χ0) is 13.1. The van der Waals surface area contributed by atoms with Crippen LogP contribution in [0.25, 0.3) is 0 Å². The van der Waals surface area contributed by atoms with Gasteiger partial charge in [0.2, 0.25) is 0 Å². The summed E-state index contributed by atoms with van der Waals surface area (Å²) in [6.45, 7) is 0.608. The molecular formula is C14H18FN3. The van der Waals surface area contributed by atoms with Crippen LogP contribution in [0.4, 0.5) is 4.39 Å². The normalized spacial score (nSPS) is 12.7. The van der Waals surface area contributed by atoms with Gasteiger partial charge in [0.05, 0.1) is 0 Å². The maximum absolute atomic E-state index is 13.8. The molecule has 0 amide bonds. The van der Waals surface area contributed by atoms with Gasteiger partial charge in [0.25, 0.3) is 0 Å². The number of hydrogen-bond donors (Lipinski definition) is 2. The van der Waals surface area contributed by atoms with Crippen LogP contribution in [0.3, 0.4) is 0 Å². The van der Waals surface area contributed by atoms with Gasteiger partial charge in [0.15, 0.2) is 0 Å². The first-order valence-corrected chi connectivity index (χ1v) is 5.97. The molecule has 2 rings (SSSR count). The van der Waals surface area contributed by atoms with Crippen molar-refractivity contribution < 1.29 is 4.39 Å². The van der Waals surface area contributed by atoms with E-state index in [1.165, 1.54) is 6.07 Å². The van der Waals surface area contributed by atoms with Gasteiger partial charge >= 0.3 is 0 Å². The van der Waals surface area contributed by atoms with Crippen LogP contribution in [0.1, 0.15) is 22.7 Å². The lowest BCUT2D eigenvalue weighted by molar-refractivity contribution is 0.601. The van der Waals surface area contributed by atoms with E-state index in [1.807, 2.05) is 36.0 Å². The monoisotopic (exact) mass is 247 g/mol. The molecule has 0 radical (unpaired) electrons. The van der Waals surface area contributed by atoms with Gasteiger partial charge in [-0.2, -0.15) is 0 Å². The van der Waals surface area contributed by atoms with Crippen LogP contribution in [0.15, 0.2) is 36.5 Å². The van der Waals surface area contributed by atoms with Crippen LogP contribution < -0.4 is 11.5 Å². The van der Waals surface area contributed by atoms with Crippen LogP contribution in [0, 0.1) is 5.82 Å². The van der Waals surface area contributed by atoms with E-state index in [0.29, 0.717) is 12.1 Å². The minimum absolute atomic E-state index is 0.0285. The molecular weight excluding hydrogens is 229 g/mol. The topological polar surface area (TPSA) is 57.0 Å². The number of nitrogens with two attached hydrogens (primary N) is 2. The molecule has 4 heteroatoms. The predicted molar refractivity (Wildman–Crippen MR) is 70.6 cm³/mol. The van der Waals surface area contributed by atoms with Crippen molar-refractivity contribution in [3.63, 3.8) is 0 Å². The summed E-state index contributed by atoms with van der Waals surface area (Å²) in [5.74, 6) is -0.290. The third-order valence-electron chi connectivity index (χ3n) is 3.31. The van der Waals surface area contributed by atoms with Crippen molar-refractivity contribution in [2.45, 2.75) is 12.5 Å². The third kappa shape index (κ3) is 2.17. The van der Waals surface area contributed by atoms with Gasteiger partial charge in [0.1, 0.15) is 5.82 Å². The van der Waals surface area contributed by atoms with E-state index in [0.717, 1.165) is 11.3 Å². The maximum atomic E-state index is 13.8. The predicted octanol–water partition coefficient (Wildman–Crippen LogP) is 1.71. The minimum atomic E-state index is -0.261. The number of halogens is 1. The standard InChI is InChI=1S/C14H18FN3/c1-18-7-3-6-14(18)12(9-17)10-4-2-5-13(15)11(10)8-16/h2-7,12H,8-9,16-17H2,1H3. The summed E-state index contributed by atoms with van der Waals surface area (Å²) in [4.78, 5) is 0. The Labute approximate surface area is 106 Å². The van der Waals surface area contributed by atoms with E-state index < -0.39 is 0 Å². The van der Waals surface area contributed by atoms with Crippen LogP contribution >= 0.6 is 0 Å². The van der Waals surface area contributed by atoms with E-state index in [2.05, 4.69) is 0 Å². The summed E-state index contributed by atoms with van der Waals surface area (Å²) < 4.78 is 15.8. The van der Waals surface area contributed by atoms with Crippen LogP contribution in [-0.4, -0.2) is 11.1 Å². The van der Waals surface area contributed by atoms with Gasteiger partial charge in [-0.3, -0.25) is 0 Å². The number of nitrogens with zero attached hydrogens (tertiary/aromatic N) is 1. The highest BCUT2D eigenvalue weighted by atomic mass is 19.1. The van der Waals surface area contributed by atoms with Gasteiger partial charge in [0, 0.05) is 43.5 Å². The summed E-state index contributed by atoms with van der Waals surface area (Å²) in [6.07, 6.45) is 1.96. The third-order valence-corrected chi connectivity index (χ3v) is 3.31. The van der Waals surface area contributed by atoms with E-state index in [9.17, 15) is 4.39 Å². The molecule has 1 unspecified atom stereocenters. The quantitative estimate of drug-likeness (QED) is 0.864. The van der Waals surface area contributed by atoms with E-state index in [4.69, 9.17) is 11.5 Å². The van der Waals surface area contributed by atoms with Crippen molar-refractivity contribution in [1.29, 1.82) is 0 Å². The highest BCUT2D eigenvalue weighted by Crippen LogP contribution is 2.27. The minimum Gasteiger partial charge on any atom is -0.354 e. The SMILES string of the molecule is Cn1cccc1C(CN)c1cccc(F)c1CN. The second-order valence-corrected chi connectivity index (χ2v) is 4.34. The molecule has 0 bridgehead atoms. The second kappa shape index (κ2) is 5.33. The summed E-state index contributed by atoms with van der Waals surface area (Å²) in [6, 6.07) is 9.00. The first kappa shape index (κ1) is 12.8. The Bertz CT molecular complexity index is 534. The zero-order valence-corrected chi connectivity index (χ0v) is 10.4. The fourth-order valence-electron chi connectivity index (χ4n) is 2.36. The van der Waals surface area contributed by atoms with Crippen molar-refractivity contribution in [3.05, 3.63) is 59.2 Å². The lowest BCUT2D eigenvalue weighted by Gasteiger charge is -2.20. The largest absolute Gasteiger partial charge is 0.354 e. The second-order valence-electron chi connectivity index (χ2n) is 4.34. The molecule has 1 aromatic heterocycles. The molecule has 0 aliphatic rings. The molecule has 1 aromatic carbocycles. The Kier molecular flexibility index (Phi) is 3.79. The van der Waals surface area contributed by atoms with E-state index in [-0.39, 0.29) is 18.3 Å². The smallest absolute Gasteiger partial charge is 0.127 e. The number of aromatic nitrogens is 1. The number of aryl methyl sites for hydroxylation is 1. The summed E-state index contributed by atoms with van der Waals surface area (Å²) in [5.41, 5.74) is 14.0. The van der Waals surface area contributed by atoms with Gasteiger partial charge in [-0.05, 0) is 23.8 Å². The molecule has 0 aliphatic carbocycles. The van der Waals surface area contributed by atoms with Crippen LogP contribution in [0.2, 0.25) is 0 Å². The van der Waals surface area contributed by atoms with Crippen LogP contribution in [-0.2, 0) is 13.6 Å². The van der Waals surface area contributed by atoms with Gasteiger partial charge < -0.3 is 16.0 Å². The van der Waals surface area contributed by atoms with Crippen molar-refractivity contribution in [2.24, 2.45) is 18.5 Å². The van der Waals surface area contributed by atoms with Crippen molar-refractivity contribution in [1.82, 2.24) is 4.57 Å². The molecule has 1 heterocycles. The zero-order valence-electron chi connectivity index (χ0n) is 10.4. The molecule has 0 saturated carbocycles. The maximum Gasteiger partial charge on any atom is 0.127 e. The van der Waals surface area contributed by atoms with Gasteiger partial charge in [-0.15, -0.1) is 0 Å². The Morgan fingerprint density at radius 1 is 1.22 bits per heavy atom. The lowest BCUT2D eigenvalue weighted by atomic mass is 9.91. The fourth-order valence-corrected chi connectivity index (χ4v) is 2.36. The van der Waals surface area contributed by atoms with E-state index >= 15 is 0 Å². The number of benzene rings is 1. The Hall–Kier alpha value is -1.65. The highest BCUT2D eigenvalue weighted by molar-refractivity contribution is 5.37. The molecule has 1 atom stereocenters.